The third-order valence-electron chi connectivity index (χ3n) is 1.68. The monoisotopic (exact) mass is 213 g/mol. The summed E-state index contributed by atoms with van der Waals surface area (Å²) >= 11 is 0. The van der Waals surface area contributed by atoms with Gasteiger partial charge in [0.15, 0.2) is 11.6 Å². The fourth-order valence-electron chi connectivity index (χ4n) is 1.06. The number of carboxylic acids is 1. The van der Waals surface area contributed by atoms with Crippen molar-refractivity contribution in [2.24, 2.45) is 0 Å². The number of carbonyl (C=O) groups is 1. The van der Waals surface area contributed by atoms with E-state index in [0.29, 0.717) is 12.3 Å². The molecule has 5 heteroatoms. The van der Waals surface area contributed by atoms with Crippen molar-refractivity contribution in [3.05, 3.63) is 24.0 Å². The summed E-state index contributed by atoms with van der Waals surface area (Å²) in [7, 11) is 0. The molecule has 1 rings (SSSR count). The molecule has 0 atom stereocenters. The van der Waals surface area contributed by atoms with Gasteiger partial charge in [-0.2, -0.15) is 0 Å². The molecule has 0 saturated heterocycles. The summed E-state index contributed by atoms with van der Waals surface area (Å²) in [5.74, 6) is -1.34. The molecule has 0 aromatic heterocycles. The summed E-state index contributed by atoms with van der Waals surface area (Å²) in [6.45, 7) is 1.91. The minimum Gasteiger partial charge on any atom is -0.491 e. The molecule has 0 radical (unpaired) electrons. The fraction of sp³-hybridized carbons (Fsp3) is 0.300. The van der Waals surface area contributed by atoms with E-state index < -0.39 is 11.8 Å². The van der Waals surface area contributed by atoms with E-state index in [1.807, 2.05) is 0 Å². The van der Waals surface area contributed by atoms with Crippen molar-refractivity contribution in [1.29, 1.82) is 0 Å². The fourth-order valence-corrected chi connectivity index (χ4v) is 1.06. The van der Waals surface area contributed by atoms with Crippen LogP contribution in [0.15, 0.2) is 18.2 Å². The highest BCUT2D eigenvalue weighted by Gasteiger charge is 2.04. The Hall–Kier alpha value is -1.78. The van der Waals surface area contributed by atoms with Crippen LogP contribution in [0.4, 0.5) is 10.1 Å². The second kappa shape index (κ2) is 5.19. The number of halogens is 1. The lowest BCUT2D eigenvalue weighted by Crippen LogP contribution is -2.12. The first kappa shape index (κ1) is 11.3. The quantitative estimate of drug-likeness (QED) is 0.781. The first-order valence-electron chi connectivity index (χ1n) is 4.51. The number of anilines is 1. The van der Waals surface area contributed by atoms with Gasteiger partial charge in [-0.05, 0) is 19.1 Å². The highest BCUT2D eigenvalue weighted by atomic mass is 19.1. The van der Waals surface area contributed by atoms with Gasteiger partial charge in [0.1, 0.15) is 6.54 Å². The van der Waals surface area contributed by atoms with Crippen LogP contribution in [0, 0.1) is 5.82 Å². The lowest BCUT2D eigenvalue weighted by atomic mass is 10.3. The van der Waals surface area contributed by atoms with E-state index in [9.17, 15) is 9.18 Å². The van der Waals surface area contributed by atoms with Gasteiger partial charge in [-0.3, -0.25) is 4.79 Å². The lowest BCUT2D eigenvalue weighted by molar-refractivity contribution is -0.134. The molecule has 82 valence electrons. The Morgan fingerprint density at radius 3 is 2.87 bits per heavy atom. The molecule has 4 nitrogen and oxygen atoms in total. The molecule has 2 N–H and O–H groups in total. The van der Waals surface area contributed by atoms with E-state index in [-0.39, 0.29) is 12.3 Å². The molecule has 1 aromatic carbocycles. The predicted molar refractivity (Wildman–Crippen MR) is 53.7 cm³/mol. The zero-order valence-electron chi connectivity index (χ0n) is 8.29. The molecular weight excluding hydrogens is 201 g/mol. The maximum atomic E-state index is 13.2. The Morgan fingerprint density at radius 2 is 2.33 bits per heavy atom. The average Bonchev–Trinajstić information content (AvgIpc) is 2.19. The molecule has 0 fully saturated rings. The predicted octanol–water partition coefficient (Wildman–Crippen LogP) is 1.72. The Kier molecular flexibility index (Phi) is 3.91. The minimum absolute atomic E-state index is 0.165. The summed E-state index contributed by atoms with van der Waals surface area (Å²) in [5.41, 5.74) is 0.415. The van der Waals surface area contributed by atoms with Gasteiger partial charge in [0.25, 0.3) is 0 Å². The average molecular weight is 213 g/mol. The maximum Gasteiger partial charge on any atom is 0.322 e. The second-order valence-corrected chi connectivity index (χ2v) is 2.83. The van der Waals surface area contributed by atoms with Crippen LogP contribution < -0.4 is 10.1 Å². The van der Waals surface area contributed by atoms with Gasteiger partial charge in [-0.25, -0.2) is 4.39 Å². The molecule has 0 amide bonds. The molecule has 0 aliphatic heterocycles. The van der Waals surface area contributed by atoms with E-state index in [2.05, 4.69) is 5.32 Å². The SMILES string of the molecule is CCOc1ccc(NCC(=O)O)cc1F. The number of hydrogen-bond donors (Lipinski definition) is 2. The minimum atomic E-state index is -0.996. The molecular formula is C10H12FNO3. The van der Waals surface area contributed by atoms with Crippen LogP contribution >= 0.6 is 0 Å². The highest BCUT2D eigenvalue weighted by Crippen LogP contribution is 2.20. The van der Waals surface area contributed by atoms with E-state index in [1.165, 1.54) is 12.1 Å². The summed E-state index contributed by atoms with van der Waals surface area (Å²) in [4.78, 5) is 10.2. The van der Waals surface area contributed by atoms with Crippen LogP contribution in [-0.4, -0.2) is 24.2 Å². The van der Waals surface area contributed by atoms with Gasteiger partial charge in [0, 0.05) is 11.8 Å². The Balaban J connectivity index is 2.68. The molecule has 0 heterocycles. The van der Waals surface area contributed by atoms with Crippen molar-refractivity contribution in [2.75, 3.05) is 18.5 Å². The van der Waals surface area contributed by atoms with Gasteiger partial charge in [0.05, 0.1) is 6.61 Å². The van der Waals surface area contributed by atoms with Crippen molar-refractivity contribution >= 4 is 11.7 Å². The first-order valence-corrected chi connectivity index (χ1v) is 4.51. The summed E-state index contributed by atoms with van der Waals surface area (Å²) in [6.07, 6.45) is 0. The van der Waals surface area contributed by atoms with Crippen molar-refractivity contribution in [3.8, 4) is 5.75 Å². The van der Waals surface area contributed by atoms with E-state index in [0.717, 1.165) is 0 Å². The van der Waals surface area contributed by atoms with Crippen LogP contribution in [0.2, 0.25) is 0 Å². The molecule has 0 bridgehead atoms. The highest BCUT2D eigenvalue weighted by molar-refractivity contribution is 5.72. The largest absolute Gasteiger partial charge is 0.491 e. The smallest absolute Gasteiger partial charge is 0.322 e. The summed E-state index contributed by atoms with van der Waals surface area (Å²) in [6, 6.07) is 4.23. The van der Waals surface area contributed by atoms with Crippen molar-refractivity contribution in [2.45, 2.75) is 6.92 Å². The van der Waals surface area contributed by atoms with Crippen molar-refractivity contribution in [3.63, 3.8) is 0 Å². The Labute approximate surface area is 86.7 Å². The van der Waals surface area contributed by atoms with Gasteiger partial charge in [-0.1, -0.05) is 0 Å². The van der Waals surface area contributed by atoms with Crippen LogP contribution in [0.1, 0.15) is 6.92 Å². The van der Waals surface area contributed by atoms with Gasteiger partial charge >= 0.3 is 5.97 Å². The number of aliphatic carboxylic acids is 1. The van der Waals surface area contributed by atoms with Crippen molar-refractivity contribution < 1.29 is 19.0 Å². The van der Waals surface area contributed by atoms with Crippen LogP contribution in [0.3, 0.4) is 0 Å². The second-order valence-electron chi connectivity index (χ2n) is 2.83. The molecule has 0 unspecified atom stereocenters. The summed E-state index contributed by atoms with van der Waals surface area (Å²) in [5, 5.41) is 11.0. The van der Waals surface area contributed by atoms with Crippen LogP contribution in [0.25, 0.3) is 0 Å². The molecule has 0 spiro atoms. The standard InChI is InChI=1S/C10H12FNO3/c1-2-15-9-4-3-7(5-8(9)11)12-6-10(13)14/h3-5,12H,2,6H2,1H3,(H,13,14). The van der Waals surface area contributed by atoms with Gasteiger partial charge in [-0.15, -0.1) is 0 Å². The number of ether oxygens (including phenoxy) is 1. The van der Waals surface area contributed by atoms with E-state index in [4.69, 9.17) is 9.84 Å². The Morgan fingerprint density at radius 1 is 1.60 bits per heavy atom. The topological polar surface area (TPSA) is 58.6 Å². The third kappa shape index (κ3) is 3.46. The van der Waals surface area contributed by atoms with Crippen LogP contribution in [0.5, 0.6) is 5.75 Å². The van der Waals surface area contributed by atoms with E-state index >= 15 is 0 Å². The molecule has 15 heavy (non-hydrogen) atoms. The molecule has 0 aliphatic rings. The number of benzene rings is 1. The number of rotatable bonds is 5. The lowest BCUT2D eigenvalue weighted by Gasteiger charge is -2.07. The number of nitrogens with one attached hydrogen (secondary N) is 1. The van der Waals surface area contributed by atoms with Gasteiger partial charge in [0.2, 0.25) is 0 Å². The summed E-state index contributed by atoms with van der Waals surface area (Å²) < 4.78 is 18.2. The zero-order chi connectivity index (χ0) is 11.3. The maximum absolute atomic E-state index is 13.2. The number of carboxylic acid groups (broad SMARTS) is 1. The third-order valence-corrected chi connectivity index (χ3v) is 1.68. The molecule has 0 aliphatic carbocycles. The Bertz CT molecular complexity index is 355. The molecule has 1 aromatic rings. The first-order chi connectivity index (χ1) is 7.13. The van der Waals surface area contributed by atoms with Crippen molar-refractivity contribution in [1.82, 2.24) is 0 Å². The van der Waals surface area contributed by atoms with Crippen LogP contribution in [-0.2, 0) is 4.79 Å². The zero-order valence-corrected chi connectivity index (χ0v) is 8.29. The number of hydrogen-bond acceptors (Lipinski definition) is 3. The molecule has 0 saturated carbocycles. The van der Waals surface area contributed by atoms with Gasteiger partial charge < -0.3 is 15.2 Å². The van der Waals surface area contributed by atoms with E-state index in [1.54, 1.807) is 13.0 Å². The normalized spacial score (nSPS) is 9.73.